The van der Waals surface area contributed by atoms with Crippen LogP contribution < -0.4 is 19.7 Å². The Morgan fingerprint density at radius 2 is 2.14 bits per heavy atom. The Balaban J connectivity index is 1.68. The van der Waals surface area contributed by atoms with Crippen LogP contribution >= 0.6 is 0 Å². The van der Waals surface area contributed by atoms with Crippen LogP contribution in [-0.4, -0.2) is 31.1 Å². The number of aryl methyl sites for hydroxylation is 1. The second kappa shape index (κ2) is 8.61. The molecule has 0 saturated carbocycles. The van der Waals surface area contributed by atoms with E-state index in [1.54, 1.807) is 36.1 Å². The number of hydrogen-bond acceptors (Lipinski definition) is 4. The van der Waals surface area contributed by atoms with E-state index in [2.05, 4.69) is 18.8 Å². The zero-order valence-corrected chi connectivity index (χ0v) is 16.1. The summed E-state index contributed by atoms with van der Waals surface area (Å²) in [6.45, 7) is 7.74. The topological polar surface area (TPSA) is 67.9 Å². The van der Waals surface area contributed by atoms with Crippen LogP contribution in [0, 0.1) is 0 Å². The van der Waals surface area contributed by atoms with Crippen molar-refractivity contribution in [2.75, 3.05) is 23.4 Å². The van der Waals surface area contributed by atoms with Gasteiger partial charge >= 0.3 is 0 Å². The summed E-state index contributed by atoms with van der Waals surface area (Å²) in [5.74, 6) is 0.827. The van der Waals surface area contributed by atoms with Gasteiger partial charge in [-0.3, -0.25) is 9.59 Å². The molecule has 1 unspecified atom stereocenters. The average molecular weight is 380 g/mol. The number of rotatable bonds is 7. The molecule has 2 amide bonds. The van der Waals surface area contributed by atoms with Crippen LogP contribution in [0.5, 0.6) is 11.5 Å². The van der Waals surface area contributed by atoms with E-state index in [4.69, 9.17) is 9.47 Å². The van der Waals surface area contributed by atoms with E-state index >= 15 is 0 Å². The first kappa shape index (κ1) is 19.5. The molecule has 0 fully saturated rings. The SMILES string of the molecule is C=CCN1C(=O)C(C)Oc2ccc(NC(=O)COc3cccc(CC)c3)cc21. The number of hydrogen-bond donors (Lipinski definition) is 1. The number of anilines is 2. The lowest BCUT2D eigenvalue weighted by Gasteiger charge is -2.32. The summed E-state index contributed by atoms with van der Waals surface area (Å²) < 4.78 is 11.2. The smallest absolute Gasteiger partial charge is 0.268 e. The third kappa shape index (κ3) is 4.34. The van der Waals surface area contributed by atoms with Crippen LogP contribution in [0.1, 0.15) is 19.4 Å². The molecule has 1 atom stereocenters. The molecular weight excluding hydrogens is 356 g/mol. The molecule has 0 saturated heterocycles. The third-order valence-electron chi connectivity index (χ3n) is 4.44. The lowest BCUT2D eigenvalue weighted by atomic mass is 10.1. The number of fused-ring (bicyclic) bond motifs is 1. The molecule has 3 rings (SSSR count). The van der Waals surface area contributed by atoms with Crippen LogP contribution in [0.3, 0.4) is 0 Å². The van der Waals surface area contributed by atoms with Crippen LogP contribution in [0.25, 0.3) is 0 Å². The van der Waals surface area contributed by atoms with E-state index in [1.165, 1.54) is 0 Å². The highest BCUT2D eigenvalue weighted by Crippen LogP contribution is 2.36. The number of ether oxygens (including phenoxy) is 2. The molecule has 0 aliphatic carbocycles. The van der Waals surface area contributed by atoms with E-state index in [0.29, 0.717) is 29.4 Å². The fourth-order valence-corrected chi connectivity index (χ4v) is 3.00. The molecule has 146 valence electrons. The molecule has 28 heavy (non-hydrogen) atoms. The minimum atomic E-state index is -0.555. The Morgan fingerprint density at radius 3 is 2.89 bits per heavy atom. The standard InChI is InChI=1S/C22H24N2O4/c1-4-11-24-19-13-17(9-10-20(19)28-15(3)22(24)26)23-21(25)14-27-18-8-6-7-16(5-2)12-18/h4,6-10,12-13,15H,1,5,11,14H2,2-3H3,(H,23,25). The van der Waals surface area contributed by atoms with E-state index in [-0.39, 0.29) is 18.4 Å². The van der Waals surface area contributed by atoms with Crippen LogP contribution in [-0.2, 0) is 16.0 Å². The Bertz CT molecular complexity index is 894. The first-order valence-corrected chi connectivity index (χ1v) is 9.26. The number of amides is 2. The number of nitrogens with one attached hydrogen (secondary N) is 1. The fourth-order valence-electron chi connectivity index (χ4n) is 3.00. The van der Waals surface area contributed by atoms with Crippen molar-refractivity contribution in [1.29, 1.82) is 0 Å². The van der Waals surface area contributed by atoms with Crippen LogP contribution in [0.4, 0.5) is 11.4 Å². The maximum absolute atomic E-state index is 12.4. The minimum Gasteiger partial charge on any atom is -0.484 e. The zero-order chi connectivity index (χ0) is 20.1. The quantitative estimate of drug-likeness (QED) is 0.746. The van der Waals surface area contributed by atoms with E-state index in [1.807, 2.05) is 24.3 Å². The van der Waals surface area contributed by atoms with Crippen molar-refractivity contribution >= 4 is 23.2 Å². The molecule has 0 spiro atoms. The molecule has 1 N–H and O–H groups in total. The molecule has 1 aliphatic rings. The van der Waals surface area contributed by atoms with Gasteiger partial charge in [-0.25, -0.2) is 0 Å². The summed E-state index contributed by atoms with van der Waals surface area (Å²) >= 11 is 0. The van der Waals surface area contributed by atoms with Gasteiger partial charge in [-0.1, -0.05) is 25.1 Å². The molecule has 0 bridgehead atoms. The van der Waals surface area contributed by atoms with Gasteiger partial charge in [-0.15, -0.1) is 6.58 Å². The van der Waals surface area contributed by atoms with Crippen molar-refractivity contribution in [1.82, 2.24) is 0 Å². The molecule has 6 heteroatoms. The highest BCUT2D eigenvalue weighted by molar-refractivity contribution is 6.01. The Hall–Kier alpha value is -3.28. The van der Waals surface area contributed by atoms with Crippen molar-refractivity contribution in [3.05, 3.63) is 60.7 Å². The predicted octanol–water partition coefficient (Wildman–Crippen LogP) is 3.57. The second-order valence-corrected chi connectivity index (χ2v) is 6.52. The number of carbonyl (C=O) groups is 2. The Kier molecular flexibility index (Phi) is 5.99. The van der Waals surface area contributed by atoms with Crippen molar-refractivity contribution < 1.29 is 19.1 Å². The van der Waals surface area contributed by atoms with E-state index < -0.39 is 6.10 Å². The monoisotopic (exact) mass is 380 g/mol. The van der Waals surface area contributed by atoms with Gasteiger partial charge in [0.05, 0.1) is 5.69 Å². The summed E-state index contributed by atoms with van der Waals surface area (Å²) in [6.07, 6.45) is 2.00. The number of nitrogens with zero attached hydrogens (tertiary/aromatic N) is 1. The molecule has 0 radical (unpaired) electrons. The van der Waals surface area contributed by atoms with Gasteiger partial charge in [0.2, 0.25) is 0 Å². The summed E-state index contributed by atoms with van der Waals surface area (Å²) in [7, 11) is 0. The van der Waals surface area contributed by atoms with Gasteiger partial charge in [-0.05, 0) is 49.2 Å². The fraction of sp³-hybridized carbons (Fsp3) is 0.273. The Morgan fingerprint density at radius 1 is 1.32 bits per heavy atom. The first-order chi connectivity index (χ1) is 13.5. The van der Waals surface area contributed by atoms with Crippen LogP contribution in [0.15, 0.2) is 55.1 Å². The molecule has 1 heterocycles. The first-order valence-electron chi connectivity index (χ1n) is 9.26. The summed E-state index contributed by atoms with van der Waals surface area (Å²) in [4.78, 5) is 26.2. The highest BCUT2D eigenvalue weighted by Gasteiger charge is 2.31. The van der Waals surface area contributed by atoms with E-state index in [0.717, 1.165) is 12.0 Å². The molecule has 2 aromatic carbocycles. The minimum absolute atomic E-state index is 0.104. The van der Waals surface area contributed by atoms with Gasteiger partial charge < -0.3 is 19.7 Å². The van der Waals surface area contributed by atoms with Crippen molar-refractivity contribution in [3.63, 3.8) is 0 Å². The normalized spacial score (nSPS) is 15.4. The van der Waals surface area contributed by atoms with Gasteiger partial charge in [0.15, 0.2) is 12.7 Å². The number of benzene rings is 2. The van der Waals surface area contributed by atoms with Crippen molar-refractivity contribution in [2.24, 2.45) is 0 Å². The molecule has 0 aromatic heterocycles. The molecule has 2 aromatic rings. The van der Waals surface area contributed by atoms with Gasteiger partial charge in [0.25, 0.3) is 11.8 Å². The van der Waals surface area contributed by atoms with Gasteiger partial charge in [0.1, 0.15) is 11.5 Å². The Labute approximate surface area is 164 Å². The maximum atomic E-state index is 12.4. The largest absolute Gasteiger partial charge is 0.484 e. The second-order valence-electron chi connectivity index (χ2n) is 6.52. The average Bonchev–Trinajstić information content (AvgIpc) is 2.70. The summed E-state index contributed by atoms with van der Waals surface area (Å²) in [5, 5.41) is 2.80. The summed E-state index contributed by atoms with van der Waals surface area (Å²) in [6, 6.07) is 12.9. The summed E-state index contributed by atoms with van der Waals surface area (Å²) in [5.41, 5.74) is 2.32. The molecular formula is C22H24N2O4. The zero-order valence-electron chi connectivity index (χ0n) is 16.1. The third-order valence-corrected chi connectivity index (χ3v) is 4.44. The van der Waals surface area contributed by atoms with E-state index in [9.17, 15) is 9.59 Å². The van der Waals surface area contributed by atoms with Gasteiger partial charge in [-0.2, -0.15) is 0 Å². The van der Waals surface area contributed by atoms with Crippen molar-refractivity contribution in [3.8, 4) is 11.5 Å². The lowest BCUT2D eigenvalue weighted by molar-refractivity contribution is -0.125. The highest BCUT2D eigenvalue weighted by atomic mass is 16.5. The number of carbonyl (C=O) groups excluding carboxylic acids is 2. The maximum Gasteiger partial charge on any atom is 0.268 e. The van der Waals surface area contributed by atoms with Crippen LogP contribution in [0.2, 0.25) is 0 Å². The molecule has 1 aliphatic heterocycles. The van der Waals surface area contributed by atoms with Crippen molar-refractivity contribution in [2.45, 2.75) is 26.4 Å². The lowest BCUT2D eigenvalue weighted by Crippen LogP contribution is -2.44. The molecule has 6 nitrogen and oxygen atoms in total. The predicted molar refractivity (Wildman–Crippen MR) is 109 cm³/mol. The van der Waals surface area contributed by atoms with Gasteiger partial charge in [0, 0.05) is 12.2 Å².